The molecule has 0 unspecified atom stereocenters. The molecular formula is C22H27N5O4S. The van der Waals surface area contributed by atoms with Crippen molar-refractivity contribution < 1.29 is 18.0 Å². The van der Waals surface area contributed by atoms with Gasteiger partial charge in [0.1, 0.15) is 5.52 Å². The molecule has 10 heteroatoms. The van der Waals surface area contributed by atoms with Gasteiger partial charge in [0.15, 0.2) is 5.78 Å². The number of hydrogen-bond acceptors (Lipinski definition) is 6. The molecule has 0 aliphatic carbocycles. The first-order valence-electron chi connectivity index (χ1n) is 10.5. The third kappa shape index (κ3) is 5.20. The average Bonchev–Trinajstić information content (AvgIpc) is 3.17. The van der Waals surface area contributed by atoms with Crippen LogP contribution in [0.3, 0.4) is 0 Å². The number of ketones is 1. The highest BCUT2D eigenvalue weighted by molar-refractivity contribution is 7.89. The molecule has 0 atom stereocenters. The molecule has 0 spiro atoms. The number of fused-ring (bicyclic) bond motifs is 1. The van der Waals surface area contributed by atoms with Gasteiger partial charge in [0.25, 0.3) is 0 Å². The fourth-order valence-electron chi connectivity index (χ4n) is 3.39. The number of amides is 1. The predicted molar refractivity (Wildman–Crippen MR) is 122 cm³/mol. The topological polar surface area (TPSA) is 114 Å². The number of nitrogens with one attached hydrogen (secondary N) is 1. The molecule has 170 valence electrons. The molecule has 0 fully saturated rings. The second-order valence-electron chi connectivity index (χ2n) is 7.34. The van der Waals surface area contributed by atoms with Crippen molar-refractivity contribution in [2.24, 2.45) is 0 Å². The van der Waals surface area contributed by atoms with E-state index in [1.807, 2.05) is 0 Å². The lowest BCUT2D eigenvalue weighted by molar-refractivity contribution is -0.116. The Labute approximate surface area is 187 Å². The van der Waals surface area contributed by atoms with Gasteiger partial charge in [0.2, 0.25) is 15.9 Å². The summed E-state index contributed by atoms with van der Waals surface area (Å²) < 4.78 is 28.5. The predicted octanol–water partition coefficient (Wildman–Crippen LogP) is 3.08. The number of rotatable bonds is 10. The average molecular weight is 458 g/mol. The molecule has 0 saturated carbocycles. The van der Waals surface area contributed by atoms with Gasteiger partial charge in [-0.25, -0.2) is 13.1 Å². The summed E-state index contributed by atoms with van der Waals surface area (Å²) in [4.78, 5) is 23.7. The summed E-state index contributed by atoms with van der Waals surface area (Å²) >= 11 is 0. The van der Waals surface area contributed by atoms with Gasteiger partial charge in [-0.3, -0.25) is 9.59 Å². The number of Topliss-reactive ketones (excluding diaryl/α,β-unsaturated/α-hetero) is 1. The van der Waals surface area contributed by atoms with Crippen molar-refractivity contribution in [2.75, 3.05) is 18.4 Å². The van der Waals surface area contributed by atoms with Gasteiger partial charge < -0.3 is 5.32 Å². The summed E-state index contributed by atoms with van der Waals surface area (Å²) in [5, 5.41) is 11.0. The number of aromatic nitrogens is 3. The Bertz CT molecular complexity index is 1210. The molecule has 1 N–H and O–H groups in total. The lowest BCUT2D eigenvalue weighted by Gasteiger charge is -2.18. The summed E-state index contributed by atoms with van der Waals surface area (Å²) in [5.41, 5.74) is 2.43. The maximum absolute atomic E-state index is 12.7. The van der Waals surface area contributed by atoms with Gasteiger partial charge in [-0.05, 0) is 55.8 Å². The fraction of sp³-hybridized carbons (Fsp3) is 0.364. The summed E-state index contributed by atoms with van der Waals surface area (Å²) in [6.45, 7) is 6.35. The first-order chi connectivity index (χ1) is 15.3. The number of carbonyl (C=O) groups excluding carboxylic acids is 2. The van der Waals surface area contributed by atoms with Gasteiger partial charge in [0.05, 0.1) is 10.4 Å². The third-order valence-electron chi connectivity index (χ3n) is 5.18. The smallest absolute Gasteiger partial charge is 0.243 e. The molecule has 3 rings (SSSR count). The standard InChI is InChI=1S/C22H27N5O4S/c1-4-26(5-2)32(30,31)19-12-13-21-20(15-19)24-25-27(21)14-6-7-22(29)23-18-10-8-17(9-11-18)16(3)28/h8-13,15H,4-7,14H2,1-3H3,(H,23,29). The van der Waals surface area contributed by atoms with Gasteiger partial charge in [-0.15, -0.1) is 5.10 Å². The highest BCUT2D eigenvalue weighted by Gasteiger charge is 2.22. The molecule has 3 aromatic rings. The zero-order valence-electron chi connectivity index (χ0n) is 18.4. The van der Waals surface area contributed by atoms with E-state index in [-0.39, 0.29) is 23.0 Å². The lowest BCUT2D eigenvalue weighted by Crippen LogP contribution is -2.30. The van der Waals surface area contributed by atoms with E-state index in [1.165, 1.54) is 17.3 Å². The van der Waals surface area contributed by atoms with Crippen molar-refractivity contribution in [3.05, 3.63) is 48.0 Å². The quantitative estimate of drug-likeness (QED) is 0.468. The van der Waals surface area contributed by atoms with Crippen molar-refractivity contribution in [1.29, 1.82) is 0 Å². The molecule has 0 saturated heterocycles. The van der Waals surface area contributed by atoms with Crippen molar-refractivity contribution in [1.82, 2.24) is 19.3 Å². The van der Waals surface area contributed by atoms with Crippen molar-refractivity contribution >= 4 is 38.4 Å². The van der Waals surface area contributed by atoms with Crippen LogP contribution in [0.1, 0.15) is 44.0 Å². The Morgan fingerprint density at radius 1 is 1.06 bits per heavy atom. The minimum absolute atomic E-state index is 0.0271. The van der Waals surface area contributed by atoms with Crippen LogP contribution in [0.4, 0.5) is 5.69 Å². The maximum Gasteiger partial charge on any atom is 0.243 e. The number of sulfonamides is 1. The molecule has 1 heterocycles. The zero-order chi connectivity index (χ0) is 23.3. The SMILES string of the molecule is CCN(CC)S(=O)(=O)c1ccc2c(c1)nnn2CCCC(=O)Nc1ccc(C(C)=O)cc1. The van der Waals surface area contributed by atoms with Gasteiger partial charge in [-0.2, -0.15) is 4.31 Å². The first-order valence-corrected chi connectivity index (χ1v) is 11.9. The third-order valence-corrected chi connectivity index (χ3v) is 7.22. The van der Waals surface area contributed by atoms with Crippen LogP contribution in [0.5, 0.6) is 0 Å². The van der Waals surface area contributed by atoms with Crippen LogP contribution in [-0.4, -0.2) is 52.5 Å². The van der Waals surface area contributed by atoms with Crippen molar-refractivity contribution in [2.45, 2.75) is 45.1 Å². The largest absolute Gasteiger partial charge is 0.326 e. The van der Waals surface area contributed by atoms with E-state index in [2.05, 4.69) is 15.6 Å². The normalized spacial score (nSPS) is 11.8. The van der Waals surface area contributed by atoms with Gasteiger partial charge >= 0.3 is 0 Å². The molecule has 0 radical (unpaired) electrons. The Hall–Kier alpha value is -3.11. The van der Waals surface area contributed by atoms with Gasteiger partial charge in [0, 0.05) is 37.3 Å². The minimum atomic E-state index is -3.56. The fourth-order valence-corrected chi connectivity index (χ4v) is 4.87. The highest BCUT2D eigenvalue weighted by Crippen LogP contribution is 2.21. The van der Waals surface area contributed by atoms with E-state index in [0.717, 1.165) is 0 Å². The van der Waals surface area contributed by atoms with Crippen LogP contribution in [0.15, 0.2) is 47.4 Å². The summed E-state index contributed by atoms with van der Waals surface area (Å²) in [6, 6.07) is 11.5. The van der Waals surface area contributed by atoms with Crippen LogP contribution in [-0.2, 0) is 21.4 Å². The summed E-state index contributed by atoms with van der Waals surface area (Å²) in [6.07, 6.45) is 0.819. The Morgan fingerprint density at radius 2 is 1.75 bits per heavy atom. The van der Waals surface area contributed by atoms with E-state index >= 15 is 0 Å². The number of nitrogens with zero attached hydrogens (tertiary/aromatic N) is 4. The van der Waals surface area contributed by atoms with Gasteiger partial charge in [-0.1, -0.05) is 19.1 Å². The minimum Gasteiger partial charge on any atom is -0.326 e. The monoisotopic (exact) mass is 457 g/mol. The van der Waals surface area contributed by atoms with Crippen LogP contribution in [0.25, 0.3) is 11.0 Å². The zero-order valence-corrected chi connectivity index (χ0v) is 19.2. The molecular weight excluding hydrogens is 430 g/mol. The molecule has 9 nitrogen and oxygen atoms in total. The molecule has 0 aliphatic rings. The van der Waals surface area contributed by atoms with Crippen LogP contribution >= 0.6 is 0 Å². The Kier molecular flexibility index (Phi) is 7.37. The number of anilines is 1. The maximum atomic E-state index is 12.7. The van der Waals surface area contributed by atoms with E-state index in [9.17, 15) is 18.0 Å². The second-order valence-corrected chi connectivity index (χ2v) is 9.28. The Morgan fingerprint density at radius 3 is 2.38 bits per heavy atom. The van der Waals surface area contributed by atoms with E-state index in [1.54, 1.807) is 54.9 Å². The first kappa shape index (κ1) is 23.6. The molecule has 32 heavy (non-hydrogen) atoms. The molecule has 2 aromatic carbocycles. The van der Waals surface area contributed by atoms with E-state index in [4.69, 9.17) is 0 Å². The lowest BCUT2D eigenvalue weighted by atomic mass is 10.1. The molecule has 0 aliphatic heterocycles. The number of aryl methyl sites for hydroxylation is 1. The Balaban J connectivity index is 1.61. The molecule has 0 bridgehead atoms. The summed E-state index contributed by atoms with van der Waals surface area (Å²) in [5.74, 6) is -0.168. The van der Waals surface area contributed by atoms with Crippen LogP contribution < -0.4 is 5.32 Å². The molecule has 1 aromatic heterocycles. The molecule has 1 amide bonds. The highest BCUT2D eigenvalue weighted by atomic mass is 32.2. The van der Waals surface area contributed by atoms with Crippen molar-refractivity contribution in [3.63, 3.8) is 0 Å². The van der Waals surface area contributed by atoms with Crippen LogP contribution in [0, 0.1) is 0 Å². The van der Waals surface area contributed by atoms with E-state index < -0.39 is 10.0 Å². The number of carbonyl (C=O) groups is 2. The van der Waals surface area contributed by atoms with Crippen LogP contribution in [0.2, 0.25) is 0 Å². The summed E-state index contributed by atoms with van der Waals surface area (Å²) in [7, 11) is -3.56. The van der Waals surface area contributed by atoms with E-state index in [0.29, 0.717) is 48.3 Å². The number of hydrogen-bond donors (Lipinski definition) is 1. The van der Waals surface area contributed by atoms with Crippen molar-refractivity contribution in [3.8, 4) is 0 Å². The number of benzene rings is 2. The second kappa shape index (κ2) is 10.0.